The van der Waals surface area contributed by atoms with Crippen LogP contribution >= 0.6 is 0 Å². The SMILES string of the molecule is COc1ccccc1CNC(=O)c1ccnc(C(=O)NCCCN(C)C)c1. The van der Waals surface area contributed by atoms with Gasteiger partial charge in [0.15, 0.2) is 0 Å². The Morgan fingerprint density at radius 2 is 1.89 bits per heavy atom. The molecule has 0 spiro atoms. The summed E-state index contributed by atoms with van der Waals surface area (Å²) in [6.07, 6.45) is 2.31. The van der Waals surface area contributed by atoms with Crippen LogP contribution in [0.5, 0.6) is 5.75 Å². The predicted octanol–water partition coefficient (Wildman–Crippen LogP) is 1.70. The molecule has 0 unspecified atom stereocenters. The van der Waals surface area contributed by atoms with Crippen LogP contribution in [-0.4, -0.2) is 56.0 Å². The standard InChI is InChI=1S/C20H26N4O3/c1-24(2)12-6-10-22-20(26)17-13-15(9-11-21-17)19(25)23-14-16-7-4-5-8-18(16)27-3/h4-5,7-9,11,13H,6,10,12,14H2,1-3H3,(H,22,26)(H,23,25). The Morgan fingerprint density at radius 3 is 2.63 bits per heavy atom. The number of amides is 2. The van der Waals surface area contributed by atoms with Gasteiger partial charge in [0.2, 0.25) is 0 Å². The second-order valence-electron chi connectivity index (χ2n) is 6.34. The number of aromatic nitrogens is 1. The van der Waals surface area contributed by atoms with Gasteiger partial charge < -0.3 is 20.3 Å². The molecule has 2 rings (SSSR count). The lowest BCUT2D eigenvalue weighted by atomic mass is 10.1. The number of carbonyl (C=O) groups excluding carboxylic acids is 2. The van der Waals surface area contributed by atoms with Gasteiger partial charge in [-0.25, -0.2) is 0 Å². The summed E-state index contributed by atoms with van der Waals surface area (Å²) in [5.41, 5.74) is 1.49. The number of methoxy groups -OCH3 is 1. The van der Waals surface area contributed by atoms with E-state index in [2.05, 4.69) is 20.5 Å². The number of rotatable bonds is 9. The Labute approximate surface area is 159 Å². The third-order valence-electron chi connectivity index (χ3n) is 3.95. The van der Waals surface area contributed by atoms with Crippen molar-refractivity contribution in [1.82, 2.24) is 20.5 Å². The van der Waals surface area contributed by atoms with Crippen molar-refractivity contribution in [2.45, 2.75) is 13.0 Å². The van der Waals surface area contributed by atoms with Crippen molar-refractivity contribution in [3.8, 4) is 5.75 Å². The first-order valence-electron chi connectivity index (χ1n) is 8.80. The van der Waals surface area contributed by atoms with E-state index in [0.29, 0.717) is 24.4 Å². The van der Waals surface area contributed by atoms with E-state index >= 15 is 0 Å². The van der Waals surface area contributed by atoms with E-state index in [0.717, 1.165) is 18.5 Å². The highest BCUT2D eigenvalue weighted by atomic mass is 16.5. The predicted molar refractivity (Wildman–Crippen MR) is 104 cm³/mol. The number of hydrogen-bond acceptors (Lipinski definition) is 5. The molecule has 1 aromatic heterocycles. The van der Waals surface area contributed by atoms with Gasteiger partial charge in [0, 0.05) is 30.4 Å². The van der Waals surface area contributed by atoms with Crippen molar-refractivity contribution < 1.29 is 14.3 Å². The summed E-state index contributed by atoms with van der Waals surface area (Å²) in [7, 11) is 5.56. The largest absolute Gasteiger partial charge is 0.496 e. The van der Waals surface area contributed by atoms with Gasteiger partial charge in [-0.15, -0.1) is 0 Å². The molecule has 7 heteroatoms. The molecule has 0 atom stereocenters. The fourth-order valence-corrected chi connectivity index (χ4v) is 2.51. The quantitative estimate of drug-likeness (QED) is 0.657. The van der Waals surface area contributed by atoms with Gasteiger partial charge in [0.1, 0.15) is 11.4 Å². The number of nitrogens with one attached hydrogen (secondary N) is 2. The summed E-state index contributed by atoms with van der Waals surface area (Å²) in [6, 6.07) is 10.6. The van der Waals surface area contributed by atoms with Crippen LogP contribution in [0.15, 0.2) is 42.6 Å². The van der Waals surface area contributed by atoms with Crippen LogP contribution in [0, 0.1) is 0 Å². The Kier molecular flexibility index (Phi) is 7.76. The monoisotopic (exact) mass is 370 g/mol. The van der Waals surface area contributed by atoms with Crippen LogP contribution < -0.4 is 15.4 Å². The highest BCUT2D eigenvalue weighted by molar-refractivity contribution is 5.98. The lowest BCUT2D eigenvalue weighted by Crippen LogP contribution is -2.28. The maximum atomic E-state index is 12.4. The lowest BCUT2D eigenvalue weighted by Gasteiger charge is -2.11. The maximum Gasteiger partial charge on any atom is 0.269 e. The van der Waals surface area contributed by atoms with Gasteiger partial charge >= 0.3 is 0 Å². The van der Waals surface area contributed by atoms with Gasteiger partial charge in [-0.2, -0.15) is 0 Å². The van der Waals surface area contributed by atoms with Crippen molar-refractivity contribution in [1.29, 1.82) is 0 Å². The van der Waals surface area contributed by atoms with E-state index in [4.69, 9.17) is 4.74 Å². The molecular formula is C20H26N4O3. The highest BCUT2D eigenvalue weighted by Crippen LogP contribution is 2.16. The van der Waals surface area contributed by atoms with E-state index in [1.807, 2.05) is 38.4 Å². The third kappa shape index (κ3) is 6.38. The van der Waals surface area contributed by atoms with Crippen molar-refractivity contribution >= 4 is 11.8 Å². The lowest BCUT2D eigenvalue weighted by molar-refractivity contribution is 0.0947. The molecule has 2 N–H and O–H groups in total. The number of para-hydroxylation sites is 1. The van der Waals surface area contributed by atoms with E-state index in [1.54, 1.807) is 13.2 Å². The third-order valence-corrected chi connectivity index (χ3v) is 3.95. The molecule has 0 aliphatic heterocycles. The Morgan fingerprint density at radius 1 is 1.11 bits per heavy atom. The second kappa shape index (κ2) is 10.3. The Bertz CT molecular complexity index is 777. The van der Waals surface area contributed by atoms with E-state index in [1.165, 1.54) is 12.3 Å². The molecule has 1 heterocycles. The van der Waals surface area contributed by atoms with Gasteiger partial charge in [-0.3, -0.25) is 14.6 Å². The van der Waals surface area contributed by atoms with Crippen LogP contribution in [0.2, 0.25) is 0 Å². The molecule has 0 aliphatic rings. The van der Waals surface area contributed by atoms with E-state index in [9.17, 15) is 9.59 Å². The molecule has 27 heavy (non-hydrogen) atoms. The Balaban J connectivity index is 1.93. The van der Waals surface area contributed by atoms with Crippen LogP contribution in [0.4, 0.5) is 0 Å². The highest BCUT2D eigenvalue weighted by Gasteiger charge is 2.12. The Hall–Kier alpha value is -2.93. The number of hydrogen-bond donors (Lipinski definition) is 2. The van der Waals surface area contributed by atoms with Crippen molar-refractivity contribution in [3.63, 3.8) is 0 Å². The molecule has 0 bridgehead atoms. The van der Waals surface area contributed by atoms with Crippen LogP contribution in [0.3, 0.4) is 0 Å². The number of benzene rings is 1. The summed E-state index contributed by atoms with van der Waals surface area (Å²) in [5.74, 6) is 0.156. The van der Waals surface area contributed by atoms with Gasteiger partial charge in [-0.1, -0.05) is 18.2 Å². The molecular weight excluding hydrogens is 344 g/mol. The summed E-state index contributed by atoms with van der Waals surface area (Å²) >= 11 is 0. The number of nitrogens with zero attached hydrogens (tertiary/aromatic N) is 2. The maximum absolute atomic E-state index is 12.4. The van der Waals surface area contributed by atoms with Gasteiger partial charge in [-0.05, 0) is 45.3 Å². The molecule has 144 valence electrons. The number of ether oxygens (including phenoxy) is 1. The zero-order valence-corrected chi connectivity index (χ0v) is 16.0. The summed E-state index contributed by atoms with van der Waals surface area (Å²) in [5, 5.41) is 5.65. The molecule has 0 radical (unpaired) electrons. The van der Waals surface area contributed by atoms with Crippen LogP contribution in [0.1, 0.15) is 32.8 Å². The van der Waals surface area contributed by atoms with Crippen molar-refractivity contribution in [3.05, 3.63) is 59.4 Å². The average Bonchev–Trinajstić information content (AvgIpc) is 2.69. The molecule has 0 saturated heterocycles. The first-order valence-corrected chi connectivity index (χ1v) is 8.80. The molecule has 2 amide bonds. The fourth-order valence-electron chi connectivity index (χ4n) is 2.51. The minimum absolute atomic E-state index is 0.227. The normalized spacial score (nSPS) is 10.5. The molecule has 0 fully saturated rings. The molecule has 0 saturated carbocycles. The molecule has 7 nitrogen and oxygen atoms in total. The average molecular weight is 370 g/mol. The van der Waals surface area contributed by atoms with Crippen molar-refractivity contribution in [2.24, 2.45) is 0 Å². The fraction of sp³-hybridized carbons (Fsp3) is 0.350. The smallest absolute Gasteiger partial charge is 0.269 e. The van der Waals surface area contributed by atoms with Gasteiger partial charge in [0.25, 0.3) is 11.8 Å². The zero-order valence-electron chi connectivity index (χ0n) is 16.0. The second-order valence-corrected chi connectivity index (χ2v) is 6.34. The van der Waals surface area contributed by atoms with Crippen LogP contribution in [-0.2, 0) is 6.54 Å². The van der Waals surface area contributed by atoms with Crippen molar-refractivity contribution in [2.75, 3.05) is 34.3 Å². The number of pyridine rings is 1. The first kappa shape index (κ1) is 20.4. The first-order chi connectivity index (χ1) is 13.0. The number of carbonyl (C=O) groups is 2. The van der Waals surface area contributed by atoms with E-state index < -0.39 is 0 Å². The summed E-state index contributed by atoms with van der Waals surface area (Å²) < 4.78 is 5.28. The summed E-state index contributed by atoms with van der Waals surface area (Å²) in [6.45, 7) is 1.78. The minimum atomic E-state index is -0.284. The van der Waals surface area contributed by atoms with E-state index in [-0.39, 0.29) is 17.5 Å². The molecule has 2 aromatic rings. The zero-order chi connectivity index (χ0) is 19.6. The minimum Gasteiger partial charge on any atom is -0.496 e. The van der Waals surface area contributed by atoms with Crippen LogP contribution in [0.25, 0.3) is 0 Å². The topological polar surface area (TPSA) is 83.6 Å². The van der Waals surface area contributed by atoms with Gasteiger partial charge in [0.05, 0.1) is 7.11 Å². The molecule has 1 aromatic carbocycles. The molecule has 0 aliphatic carbocycles. The summed E-state index contributed by atoms with van der Waals surface area (Å²) in [4.78, 5) is 30.7.